The van der Waals surface area contributed by atoms with Crippen molar-refractivity contribution in [3.8, 4) is 0 Å². The van der Waals surface area contributed by atoms with Gasteiger partial charge in [-0.1, -0.05) is 23.2 Å². The Kier molecular flexibility index (Phi) is 5.37. The fourth-order valence-electron chi connectivity index (χ4n) is 1.14. The fourth-order valence-corrected chi connectivity index (χ4v) is 1.57. The van der Waals surface area contributed by atoms with E-state index in [4.69, 9.17) is 23.2 Å². The molecule has 5 nitrogen and oxygen atoms in total. The van der Waals surface area contributed by atoms with Crippen molar-refractivity contribution in [3.63, 3.8) is 0 Å². The molecule has 0 saturated heterocycles. The molecule has 18 heavy (non-hydrogen) atoms. The maximum Gasteiger partial charge on any atom is 0.254 e. The Morgan fingerprint density at radius 2 is 2.06 bits per heavy atom. The number of halogens is 2. The first-order valence-corrected chi connectivity index (χ1v) is 6.05. The van der Waals surface area contributed by atoms with Crippen molar-refractivity contribution in [2.45, 2.75) is 6.92 Å². The van der Waals surface area contributed by atoms with Gasteiger partial charge in [-0.05, 0) is 19.1 Å². The van der Waals surface area contributed by atoms with Crippen LogP contribution in [-0.4, -0.2) is 41.8 Å². The number of carbonyl (C=O) groups excluding carboxylic acids is 2. The number of amides is 2. The summed E-state index contributed by atoms with van der Waals surface area (Å²) >= 11 is 11.4. The van der Waals surface area contributed by atoms with E-state index in [0.29, 0.717) is 6.54 Å². The van der Waals surface area contributed by atoms with E-state index >= 15 is 0 Å². The van der Waals surface area contributed by atoms with E-state index in [-0.39, 0.29) is 28.3 Å². The van der Waals surface area contributed by atoms with Gasteiger partial charge in [0, 0.05) is 13.6 Å². The molecule has 0 bridgehead atoms. The monoisotopic (exact) mass is 289 g/mol. The van der Waals surface area contributed by atoms with Crippen LogP contribution in [0, 0.1) is 0 Å². The molecular weight excluding hydrogens is 277 g/mol. The van der Waals surface area contributed by atoms with Crippen LogP contribution in [0.4, 0.5) is 0 Å². The van der Waals surface area contributed by atoms with Crippen molar-refractivity contribution in [3.05, 3.63) is 28.0 Å². The average Bonchev–Trinajstić information content (AvgIpc) is 2.34. The summed E-state index contributed by atoms with van der Waals surface area (Å²) in [5, 5.41) is 2.69. The number of nitrogens with one attached hydrogen (secondary N) is 1. The summed E-state index contributed by atoms with van der Waals surface area (Å²) in [7, 11) is 1.66. The maximum atomic E-state index is 11.7. The highest BCUT2D eigenvalue weighted by Crippen LogP contribution is 2.16. The molecule has 1 heterocycles. The molecule has 7 heteroatoms. The van der Waals surface area contributed by atoms with Crippen LogP contribution < -0.4 is 5.32 Å². The molecule has 0 radical (unpaired) electrons. The molecule has 2 amide bonds. The molecule has 0 unspecified atom stereocenters. The van der Waals surface area contributed by atoms with Crippen LogP contribution in [0.15, 0.2) is 12.1 Å². The van der Waals surface area contributed by atoms with Gasteiger partial charge in [0.25, 0.3) is 5.91 Å². The van der Waals surface area contributed by atoms with Crippen molar-refractivity contribution in [2.24, 2.45) is 0 Å². The van der Waals surface area contributed by atoms with E-state index in [1.807, 2.05) is 6.92 Å². The number of nitrogens with zero attached hydrogens (tertiary/aromatic N) is 2. The third-order valence-electron chi connectivity index (χ3n) is 2.36. The first kappa shape index (κ1) is 14.7. The second-order valence-electron chi connectivity index (χ2n) is 3.56. The maximum absolute atomic E-state index is 11.7. The summed E-state index contributed by atoms with van der Waals surface area (Å²) in [4.78, 5) is 28.5. The van der Waals surface area contributed by atoms with Crippen LogP contribution in [0.5, 0.6) is 0 Å². The lowest BCUT2D eigenvalue weighted by Crippen LogP contribution is -2.38. The third kappa shape index (κ3) is 3.85. The molecule has 0 aromatic carbocycles. The number of hydrogen-bond donors (Lipinski definition) is 1. The number of hydrogen-bond acceptors (Lipinski definition) is 3. The van der Waals surface area contributed by atoms with Crippen LogP contribution in [0.2, 0.25) is 10.3 Å². The average molecular weight is 290 g/mol. The first-order chi connectivity index (χ1) is 8.45. The smallest absolute Gasteiger partial charge is 0.254 e. The van der Waals surface area contributed by atoms with Crippen LogP contribution in [0.1, 0.15) is 17.3 Å². The van der Waals surface area contributed by atoms with Gasteiger partial charge in [0.1, 0.15) is 10.3 Å². The van der Waals surface area contributed by atoms with Crippen molar-refractivity contribution in [1.29, 1.82) is 0 Å². The molecule has 1 rings (SSSR count). The van der Waals surface area contributed by atoms with Gasteiger partial charge >= 0.3 is 0 Å². The standard InChI is InChI=1S/C11H13Cl2N3O2/c1-3-16(2)9(17)6-14-11(18)7-4-5-8(12)15-10(7)13/h4-5H,3,6H2,1-2H3,(H,14,18). The van der Waals surface area contributed by atoms with Crippen LogP contribution in [0.25, 0.3) is 0 Å². The highest BCUT2D eigenvalue weighted by Gasteiger charge is 2.14. The van der Waals surface area contributed by atoms with Gasteiger partial charge in [0.05, 0.1) is 12.1 Å². The van der Waals surface area contributed by atoms with E-state index in [0.717, 1.165) is 0 Å². The summed E-state index contributed by atoms with van der Waals surface area (Å²) in [6.45, 7) is 2.35. The van der Waals surface area contributed by atoms with Crippen molar-refractivity contribution in [2.75, 3.05) is 20.1 Å². The Bertz CT molecular complexity index is 466. The zero-order chi connectivity index (χ0) is 13.7. The summed E-state index contributed by atoms with van der Waals surface area (Å²) in [5.41, 5.74) is 0.188. The van der Waals surface area contributed by atoms with Crippen LogP contribution >= 0.6 is 23.2 Å². The van der Waals surface area contributed by atoms with Crippen molar-refractivity contribution < 1.29 is 9.59 Å². The van der Waals surface area contributed by atoms with Crippen molar-refractivity contribution in [1.82, 2.24) is 15.2 Å². The predicted molar refractivity (Wildman–Crippen MR) is 69.9 cm³/mol. The minimum Gasteiger partial charge on any atom is -0.345 e. The number of pyridine rings is 1. The van der Waals surface area contributed by atoms with E-state index < -0.39 is 5.91 Å². The molecule has 0 aliphatic carbocycles. The molecular formula is C11H13Cl2N3O2. The van der Waals surface area contributed by atoms with Crippen LogP contribution in [-0.2, 0) is 4.79 Å². The third-order valence-corrected chi connectivity index (χ3v) is 2.86. The fraction of sp³-hybridized carbons (Fsp3) is 0.364. The number of rotatable bonds is 4. The quantitative estimate of drug-likeness (QED) is 0.857. The van der Waals surface area contributed by atoms with Gasteiger partial charge in [-0.3, -0.25) is 9.59 Å². The Balaban J connectivity index is 2.63. The minimum atomic E-state index is -0.456. The Labute approximate surface area is 115 Å². The Hall–Kier alpha value is -1.33. The van der Waals surface area contributed by atoms with Gasteiger partial charge in [-0.2, -0.15) is 0 Å². The highest BCUT2D eigenvalue weighted by molar-refractivity contribution is 6.34. The topological polar surface area (TPSA) is 62.3 Å². The summed E-state index contributed by atoms with van der Waals surface area (Å²) in [6, 6.07) is 2.92. The molecule has 1 aromatic rings. The van der Waals surface area contributed by atoms with Gasteiger partial charge in [-0.15, -0.1) is 0 Å². The second kappa shape index (κ2) is 6.56. The highest BCUT2D eigenvalue weighted by atomic mass is 35.5. The minimum absolute atomic E-state index is 0.0105. The van der Waals surface area contributed by atoms with Crippen LogP contribution in [0.3, 0.4) is 0 Å². The van der Waals surface area contributed by atoms with E-state index in [2.05, 4.69) is 10.3 Å². The Morgan fingerprint density at radius 3 is 2.61 bits per heavy atom. The van der Waals surface area contributed by atoms with Gasteiger partial charge in [0.2, 0.25) is 5.91 Å². The lowest BCUT2D eigenvalue weighted by atomic mass is 10.2. The van der Waals surface area contributed by atoms with Gasteiger partial charge < -0.3 is 10.2 Å². The second-order valence-corrected chi connectivity index (χ2v) is 4.31. The number of likely N-dealkylation sites (N-methyl/N-ethyl adjacent to an activating group) is 1. The Morgan fingerprint density at radius 1 is 1.39 bits per heavy atom. The number of aromatic nitrogens is 1. The SMILES string of the molecule is CCN(C)C(=O)CNC(=O)c1ccc(Cl)nc1Cl. The lowest BCUT2D eigenvalue weighted by molar-refractivity contribution is -0.128. The zero-order valence-electron chi connectivity index (χ0n) is 10.0. The molecule has 1 N–H and O–H groups in total. The number of carbonyl (C=O) groups is 2. The van der Waals surface area contributed by atoms with Gasteiger partial charge in [0.15, 0.2) is 0 Å². The molecule has 1 aromatic heterocycles. The molecule has 98 valence electrons. The zero-order valence-corrected chi connectivity index (χ0v) is 11.5. The van der Waals surface area contributed by atoms with Crippen molar-refractivity contribution >= 4 is 35.0 Å². The molecule has 0 aliphatic heterocycles. The molecule has 0 saturated carbocycles. The molecule has 0 spiro atoms. The van der Waals surface area contributed by atoms with Gasteiger partial charge in [-0.25, -0.2) is 4.98 Å². The lowest BCUT2D eigenvalue weighted by Gasteiger charge is -2.14. The normalized spacial score (nSPS) is 10.0. The van der Waals surface area contributed by atoms with E-state index in [9.17, 15) is 9.59 Å². The van der Waals surface area contributed by atoms with E-state index in [1.54, 1.807) is 7.05 Å². The largest absolute Gasteiger partial charge is 0.345 e. The van der Waals surface area contributed by atoms with E-state index in [1.165, 1.54) is 17.0 Å². The summed E-state index contributed by atoms with van der Waals surface area (Å²) in [5.74, 6) is -0.633. The first-order valence-electron chi connectivity index (χ1n) is 5.30. The molecule has 0 fully saturated rings. The molecule has 0 aliphatic rings. The summed E-state index contributed by atoms with van der Waals surface area (Å²) in [6.07, 6.45) is 0. The summed E-state index contributed by atoms with van der Waals surface area (Å²) < 4.78 is 0. The predicted octanol–water partition coefficient (Wildman–Crippen LogP) is 1.60. The molecule has 0 atom stereocenters.